The molecule has 0 aromatic heterocycles. The first-order valence-electron chi connectivity index (χ1n) is 13.4. The standard InChI is InChI=1S/C23H31ClN4O4.3C2H6/c1-15(21(25)32-23(31)26-2)28(3)22(30)18-6-4-16(5-7-18)12-13-27-14-20(29)17-8-10-19(24)11-9-17;3*1-2/h4-11,15,20-21,27,29H,12-14,25H2,1-3H3,(H,26,31);3*1-2H3. The maximum Gasteiger partial charge on any atom is 0.408 e. The third kappa shape index (κ3) is 13.8. The van der Waals surface area contributed by atoms with Crippen LogP contribution in [0, 0.1) is 0 Å². The molecule has 3 unspecified atom stereocenters. The minimum Gasteiger partial charge on any atom is -0.428 e. The van der Waals surface area contributed by atoms with Gasteiger partial charge < -0.3 is 25.4 Å². The second-order valence-electron chi connectivity index (χ2n) is 7.49. The number of halogens is 1. The summed E-state index contributed by atoms with van der Waals surface area (Å²) >= 11 is 5.86. The van der Waals surface area contributed by atoms with Crippen molar-refractivity contribution >= 4 is 23.6 Å². The number of aliphatic hydroxyl groups excluding tert-OH is 1. The fourth-order valence-corrected chi connectivity index (χ4v) is 3.10. The number of rotatable bonds is 10. The highest BCUT2D eigenvalue weighted by molar-refractivity contribution is 6.30. The summed E-state index contributed by atoms with van der Waals surface area (Å²) in [4.78, 5) is 25.5. The summed E-state index contributed by atoms with van der Waals surface area (Å²) in [6.45, 7) is 14.8. The lowest BCUT2D eigenvalue weighted by molar-refractivity contribution is 0.0380. The van der Waals surface area contributed by atoms with Crippen LogP contribution in [0.1, 0.15) is 76.1 Å². The number of aliphatic hydroxyl groups is 1. The molecule has 5 N–H and O–H groups in total. The van der Waals surface area contributed by atoms with E-state index in [2.05, 4.69) is 10.6 Å². The highest BCUT2D eigenvalue weighted by Crippen LogP contribution is 2.16. The van der Waals surface area contributed by atoms with Gasteiger partial charge in [-0.05, 0) is 55.3 Å². The molecule has 0 heterocycles. The molecule has 2 rings (SSSR count). The number of nitrogens with two attached hydrogens (primary N) is 1. The number of alkyl carbamates (subject to hydrolysis) is 1. The summed E-state index contributed by atoms with van der Waals surface area (Å²) in [5.74, 6) is -0.218. The molecule has 0 aliphatic rings. The van der Waals surface area contributed by atoms with Crippen LogP contribution in [0.4, 0.5) is 4.79 Å². The van der Waals surface area contributed by atoms with Crippen molar-refractivity contribution in [1.29, 1.82) is 0 Å². The van der Waals surface area contributed by atoms with Crippen molar-refractivity contribution in [2.75, 3.05) is 27.2 Å². The topological polar surface area (TPSA) is 117 Å². The van der Waals surface area contributed by atoms with Crippen LogP contribution < -0.4 is 16.4 Å². The number of benzene rings is 2. The van der Waals surface area contributed by atoms with Gasteiger partial charge in [-0.1, -0.05) is 77.4 Å². The number of hydrogen-bond acceptors (Lipinski definition) is 6. The minimum atomic E-state index is -0.947. The molecule has 2 aromatic carbocycles. The molecule has 38 heavy (non-hydrogen) atoms. The Morgan fingerprint density at radius 2 is 1.53 bits per heavy atom. The highest BCUT2D eigenvalue weighted by Gasteiger charge is 2.25. The van der Waals surface area contributed by atoms with Gasteiger partial charge >= 0.3 is 6.09 Å². The van der Waals surface area contributed by atoms with Crippen molar-refractivity contribution in [1.82, 2.24) is 15.5 Å². The van der Waals surface area contributed by atoms with Gasteiger partial charge in [0, 0.05) is 31.2 Å². The fraction of sp³-hybridized carbons (Fsp3) is 0.517. The molecule has 3 atom stereocenters. The van der Waals surface area contributed by atoms with Gasteiger partial charge in [0.25, 0.3) is 5.91 Å². The Kier molecular flexibility index (Phi) is 22.1. The lowest BCUT2D eigenvalue weighted by Gasteiger charge is -2.29. The quantitative estimate of drug-likeness (QED) is 0.232. The second kappa shape index (κ2) is 22.3. The molecule has 9 heteroatoms. The zero-order valence-corrected chi connectivity index (χ0v) is 25.3. The lowest BCUT2D eigenvalue weighted by Crippen LogP contribution is -2.49. The Bertz CT molecular complexity index is 879. The van der Waals surface area contributed by atoms with Gasteiger partial charge in [-0.3, -0.25) is 10.5 Å². The average Bonchev–Trinajstić information content (AvgIpc) is 2.97. The van der Waals surface area contributed by atoms with Crippen LogP contribution in [0.5, 0.6) is 0 Å². The van der Waals surface area contributed by atoms with Crippen molar-refractivity contribution in [3.63, 3.8) is 0 Å². The molecule has 2 aromatic rings. The smallest absolute Gasteiger partial charge is 0.408 e. The number of likely N-dealkylation sites (N-methyl/N-ethyl adjacent to an activating group) is 1. The Hall–Kier alpha value is -2.65. The van der Waals surface area contributed by atoms with Crippen molar-refractivity contribution in [2.45, 2.75) is 73.3 Å². The summed E-state index contributed by atoms with van der Waals surface area (Å²) in [5.41, 5.74) is 8.24. The summed E-state index contributed by atoms with van der Waals surface area (Å²) in [6.07, 6.45) is -1.45. The molecule has 0 fully saturated rings. The van der Waals surface area contributed by atoms with Crippen LogP contribution in [0.3, 0.4) is 0 Å². The van der Waals surface area contributed by atoms with Crippen molar-refractivity contribution in [3.05, 3.63) is 70.2 Å². The first kappa shape index (κ1) is 37.5. The van der Waals surface area contributed by atoms with E-state index in [1.807, 2.05) is 53.7 Å². The zero-order chi connectivity index (χ0) is 29.7. The number of hydrogen-bond donors (Lipinski definition) is 4. The summed E-state index contributed by atoms with van der Waals surface area (Å²) in [5, 5.41) is 16.4. The van der Waals surface area contributed by atoms with Gasteiger partial charge in [0.05, 0.1) is 12.1 Å². The Morgan fingerprint density at radius 3 is 2.03 bits per heavy atom. The number of ether oxygens (including phenoxy) is 1. The molecule has 8 nitrogen and oxygen atoms in total. The van der Waals surface area contributed by atoms with E-state index in [1.54, 1.807) is 50.4 Å². The maximum absolute atomic E-state index is 12.7. The van der Waals surface area contributed by atoms with E-state index in [0.717, 1.165) is 17.5 Å². The maximum atomic E-state index is 12.7. The van der Waals surface area contributed by atoms with E-state index in [0.29, 0.717) is 23.7 Å². The Morgan fingerprint density at radius 1 is 1.00 bits per heavy atom. The normalized spacial score (nSPS) is 12.0. The molecule has 0 radical (unpaired) electrons. The van der Waals surface area contributed by atoms with Crippen LogP contribution in [0.25, 0.3) is 0 Å². The van der Waals surface area contributed by atoms with E-state index in [-0.39, 0.29) is 5.91 Å². The SMILES string of the molecule is CC.CC.CC.CNC(=O)OC(N)C(C)N(C)C(=O)c1ccc(CCNCC(O)c2ccc(Cl)cc2)cc1. The first-order valence-corrected chi connectivity index (χ1v) is 13.7. The highest BCUT2D eigenvalue weighted by atomic mass is 35.5. The van der Waals surface area contributed by atoms with Gasteiger partial charge in [0.15, 0.2) is 6.23 Å². The average molecular weight is 553 g/mol. The number of carbonyl (C=O) groups is 2. The number of carbonyl (C=O) groups excluding carboxylic acids is 2. The van der Waals surface area contributed by atoms with Crippen molar-refractivity contribution in [2.24, 2.45) is 5.73 Å². The number of nitrogens with zero attached hydrogens (tertiary/aromatic N) is 1. The van der Waals surface area contributed by atoms with Crippen LogP contribution >= 0.6 is 11.6 Å². The zero-order valence-electron chi connectivity index (χ0n) is 24.5. The lowest BCUT2D eigenvalue weighted by atomic mass is 10.1. The van der Waals surface area contributed by atoms with E-state index < -0.39 is 24.5 Å². The van der Waals surface area contributed by atoms with E-state index in [4.69, 9.17) is 22.1 Å². The second-order valence-corrected chi connectivity index (χ2v) is 7.93. The van der Waals surface area contributed by atoms with Gasteiger partial charge in [-0.15, -0.1) is 0 Å². The van der Waals surface area contributed by atoms with Gasteiger partial charge in [-0.25, -0.2) is 4.79 Å². The van der Waals surface area contributed by atoms with Crippen LogP contribution in [-0.4, -0.2) is 61.5 Å². The predicted octanol–water partition coefficient (Wildman–Crippen LogP) is 5.39. The van der Waals surface area contributed by atoms with Crippen LogP contribution in [-0.2, 0) is 11.2 Å². The molecular formula is C29H49ClN4O4. The van der Waals surface area contributed by atoms with Crippen molar-refractivity contribution in [3.8, 4) is 0 Å². The molecule has 0 aliphatic carbocycles. The number of amides is 2. The molecule has 0 bridgehead atoms. The first-order chi connectivity index (χ1) is 18.2. The van der Waals surface area contributed by atoms with Crippen LogP contribution in [0.15, 0.2) is 48.5 Å². The van der Waals surface area contributed by atoms with E-state index in [1.165, 1.54) is 11.9 Å². The molecule has 0 spiro atoms. The molecule has 2 amide bonds. The third-order valence-corrected chi connectivity index (χ3v) is 5.49. The third-order valence-electron chi connectivity index (χ3n) is 5.24. The Labute approximate surface area is 234 Å². The van der Waals surface area contributed by atoms with E-state index in [9.17, 15) is 14.7 Å². The predicted molar refractivity (Wildman–Crippen MR) is 159 cm³/mol. The van der Waals surface area contributed by atoms with Crippen molar-refractivity contribution < 1.29 is 19.4 Å². The van der Waals surface area contributed by atoms with Crippen LogP contribution in [0.2, 0.25) is 5.02 Å². The van der Waals surface area contributed by atoms with E-state index >= 15 is 0 Å². The van der Waals surface area contributed by atoms with Gasteiger partial charge in [-0.2, -0.15) is 0 Å². The largest absolute Gasteiger partial charge is 0.428 e. The fourth-order valence-electron chi connectivity index (χ4n) is 2.98. The summed E-state index contributed by atoms with van der Waals surface area (Å²) in [6, 6.07) is 13.9. The Balaban J connectivity index is 0. The monoisotopic (exact) mass is 552 g/mol. The van der Waals surface area contributed by atoms with Gasteiger partial charge in [0.2, 0.25) is 0 Å². The summed E-state index contributed by atoms with van der Waals surface area (Å²) in [7, 11) is 3.05. The summed E-state index contributed by atoms with van der Waals surface area (Å²) < 4.78 is 5.00. The molecule has 0 saturated heterocycles. The molecule has 216 valence electrons. The molecule has 0 aliphatic heterocycles. The van der Waals surface area contributed by atoms with Gasteiger partial charge in [0.1, 0.15) is 0 Å². The molecule has 0 saturated carbocycles. The minimum absolute atomic E-state index is 0.218. The number of nitrogens with one attached hydrogen (secondary N) is 2. The molecular weight excluding hydrogens is 504 g/mol.